The number of aromatic nitrogens is 3. The molecule has 4 N–H and O–H groups in total. The Morgan fingerprint density at radius 1 is 1.09 bits per heavy atom. The Labute approximate surface area is 198 Å². The second-order valence-electron chi connectivity index (χ2n) is 7.87. The van der Waals surface area contributed by atoms with E-state index in [4.69, 9.17) is 20.2 Å². The highest BCUT2D eigenvalue weighted by molar-refractivity contribution is 6.06. The predicted octanol–water partition coefficient (Wildman–Crippen LogP) is 3.20. The fourth-order valence-corrected chi connectivity index (χ4v) is 3.79. The molecule has 9 nitrogen and oxygen atoms in total. The third-order valence-electron chi connectivity index (χ3n) is 5.51. The fraction of sp³-hybridized carbons (Fsp3) is 0.320. The Hall–Kier alpha value is -3.69. The first-order valence-corrected chi connectivity index (χ1v) is 11.3. The van der Waals surface area contributed by atoms with Gasteiger partial charge in [0.1, 0.15) is 24.6 Å². The molecule has 0 saturated carbocycles. The number of pyridine rings is 1. The van der Waals surface area contributed by atoms with Crippen LogP contribution in [0.1, 0.15) is 23.9 Å². The predicted molar refractivity (Wildman–Crippen MR) is 132 cm³/mol. The second kappa shape index (κ2) is 11.0. The van der Waals surface area contributed by atoms with Crippen molar-refractivity contribution in [2.24, 2.45) is 0 Å². The van der Waals surface area contributed by atoms with Crippen LogP contribution in [0, 0.1) is 0 Å². The third-order valence-corrected chi connectivity index (χ3v) is 5.51. The standard InChI is InChI=1S/C25H30N6O3/c1-3-33-16-21-30-22-23(19-6-4-5-7-20(19)29-24(22)26)31(21)15-18-10-8-17(9-11-18)14-28-25(32)34-13-12-27-2/h4-11,27H,3,12-16H2,1-2H3,(H2,26,29)(H,28,32). The van der Waals surface area contributed by atoms with Gasteiger partial charge in [-0.25, -0.2) is 14.8 Å². The lowest BCUT2D eigenvalue weighted by Gasteiger charge is -2.12. The minimum atomic E-state index is -0.428. The fourth-order valence-electron chi connectivity index (χ4n) is 3.79. The molecule has 4 aromatic rings. The zero-order chi connectivity index (χ0) is 23.9. The third kappa shape index (κ3) is 5.27. The number of nitrogen functional groups attached to an aromatic ring is 1. The van der Waals surface area contributed by atoms with Gasteiger partial charge in [0, 0.05) is 31.6 Å². The maximum atomic E-state index is 11.8. The molecule has 34 heavy (non-hydrogen) atoms. The van der Waals surface area contributed by atoms with Gasteiger partial charge in [-0.1, -0.05) is 42.5 Å². The van der Waals surface area contributed by atoms with Crippen LogP contribution in [-0.2, 0) is 29.2 Å². The van der Waals surface area contributed by atoms with E-state index in [-0.39, 0.29) is 0 Å². The van der Waals surface area contributed by atoms with E-state index < -0.39 is 6.09 Å². The molecule has 0 unspecified atom stereocenters. The van der Waals surface area contributed by atoms with E-state index in [2.05, 4.69) is 20.2 Å². The molecule has 0 radical (unpaired) electrons. The first-order chi connectivity index (χ1) is 16.6. The van der Waals surface area contributed by atoms with Gasteiger partial charge in [0.15, 0.2) is 5.82 Å². The number of anilines is 1. The van der Waals surface area contributed by atoms with E-state index in [0.29, 0.717) is 50.8 Å². The van der Waals surface area contributed by atoms with Gasteiger partial charge in [0.05, 0.1) is 11.0 Å². The van der Waals surface area contributed by atoms with Crippen LogP contribution in [-0.4, -0.2) is 47.4 Å². The number of fused-ring (bicyclic) bond motifs is 3. The Bertz CT molecular complexity index is 1270. The Balaban J connectivity index is 1.58. The summed E-state index contributed by atoms with van der Waals surface area (Å²) in [7, 11) is 1.81. The van der Waals surface area contributed by atoms with Crippen LogP contribution in [0.3, 0.4) is 0 Å². The molecule has 2 aromatic carbocycles. The number of nitrogens with one attached hydrogen (secondary N) is 2. The van der Waals surface area contributed by atoms with Gasteiger partial charge in [-0.05, 0) is 31.2 Å². The number of carbonyl (C=O) groups is 1. The highest BCUT2D eigenvalue weighted by atomic mass is 16.5. The van der Waals surface area contributed by atoms with E-state index in [9.17, 15) is 4.79 Å². The topological polar surface area (TPSA) is 116 Å². The van der Waals surface area contributed by atoms with Gasteiger partial charge in [-0.3, -0.25) is 0 Å². The van der Waals surface area contributed by atoms with Crippen molar-refractivity contribution in [3.63, 3.8) is 0 Å². The molecule has 4 rings (SSSR count). The summed E-state index contributed by atoms with van der Waals surface area (Å²) < 4.78 is 12.9. The molecule has 1 amide bonds. The number of imidazole rings is 1. The lowest BCUT2D eigenvalue weighted by molar-refractivity contribution is 0.126. The van der Waals surface area contributed by atoms with Gasteiger partial charge in [0.2, 0.25) is 0 Å². The van der Waals surface area contributed by atoms with Gasteiger partial charge in [0.25, 0.3) is 0 Å². The van der Waals surface area contributed by atoms with Crippen LogP contribution in [0.4, 0.5) is 10.6 Å². The zero-order valence-electron chi connectivity index (χ0n) is 19.5. The maximum Gasteiger partial charge on any atom is 0.407 e. The average molecular weight is 463 g/mol. The van der Waals surface area contributed by atoms with Crippen molar-refractivity contribution in [2.75, 3.05) is 32.5 Å². The van der Waals surface area contributed by atoms with Crippen LogP contribution >= 0.6 is 0 Å². The number of hydrogen-bond donors (Lipinski definition) is 3. The summed E-state index contributed by atoms with van der Waals surface area (Å²) in [6.07, 6.45) is -0.428. The number of rotatable bonds is 10. The molecule has 0 bridgehead atoms. The number of hydrogen-bond acceptors (Lipinski definition) is 7. The highest BCUT2D eigenvalue weighted by Gasteiger charge is 2.17. The number of alkyl carbamates (subject to hydrolysis) is 1. The van der Waals surface area contributed by atoms with Crippen molar-refractivity contribution in [2.45, 2.75) is 26.6 Å². The van der Waals surface area contributed by atoms with Crippen LogP contribution in [0.5, 0.6) is 0 Å². The van der Waals surface area contributed by atoms with Crippen molar-refractivity contribution >= 4 is 33.8 Å². The molecule has 0 fully saturated rings. The molecular formula is C25H30N6O3. The quantitative estimate of drug-likeness (QED) is 0.310. The van der Waals surface area contributed by atoms with Gasteiger partial charge in [-0.2, -0.15) is 0 Å². The van der Waals surface area contributed by atoms with E-state index in [1.807, 2.05) is 62.5 Å². The summed E-state index contributed by atoms with van der Waals surface area (Å²) in [6.45, 7) is 4.89. The molecule has 2 heterocycles. The molecule has 178 valence electrons. The second-order valence-corrected chi connectivity index (χ2v) is 7.87. The Morgan fingerprint density at radius 2 is 1.85 bits per heavy atom. The molecule has 0 atom stereocenters. The average Bonchev–Trinajstić information content (AvgIpc) is 3.21. The molecule has 0 aliphatic carbocycles. The summed E-state index contributed by atoms with van der Waals surface area (Å²) >= 11 is 0. The molecular weight excluding hydrogens is 432 g/mol. The Morgan fingerprint density at radius 3 is 2.62 bits per heavy atom. The van der Waals surface area contributed by atoms with Crippen molar-refractivity contribution in [1.29, 1.82) is 0 Å². The number of ether oxygens (including phenoxy) is 2. The summed E-state index contributed by atoms with van der Waals surface area (Å²) in [6, 6.07) is 16.0. The largest absolute Gasteiger partial charge is 0.448 e. The van der Waals surface area contributed by atoms with Crippen LogP contribution in [0.25, 0.3) is 21.9 Å². The summed E-state index contributed by atoms with van der Waals surface area (Å²) in [4.78, 5) is 21.1. The van der Waals surface area contributed by atoms with Crippen LogP contribution in [0.2, 0.25) is 0 Å². The maximum absolute atomic E-state index is 11.8. The van der Waals surface area contributed by atoms with E-state index in [1.54, 1.807) is 0 Å². The zero-order valence-corrected chi connectivity index (χ0v) is 19.5. The number of nitrogens with zero attached hydrogens (tertiary/aromatic N) is 3. The lowest BCUT2D eigenvalue weighted by Crippen LogP contribution is -2.26. The van der Waals surface area contributed by atoms with Crippen molar-refractivity contribution < 1.29 is 14.3 Å². The van der Waals surface area contributed by atoms with Gasteiger partial charge < -0.3 is 30.4 Å². The monoisotopic (exact) mass is 462 g/mol. The first-order valence-electron chi connectivity index (χ1n) is 11.3. The number of para-hydroxylation sites is 1. The number of benzene rings is 2. The van der Waals surface area contributed by atoms with Crippen LogP contribution in [0.15, 0.2) is 48.5 Å². The summed E-state index contributed by atoms with van der Waals surface area (Å²) in [5.74, 6) is 1.21. The minimum absolute atomic E-state index is 0.332. The van der Waals surface area contributed by atoms with Gasteiger partial charge in [-0.15, -0.1) is 0 Å². The molecule has 9 heteroatoms. The Kier molecular flexibility index (Phi) is 7.56. The van der Waals surface area contributed by atoms with E-state index >= 15 is 0 Å². The number of nitrogens with two attached hydrogens (primary N) is 1. The minimum Gasteiger partial charge on any atom is -0.448 e. The molecule has 0 aliphatic heterocycles. The molecule has 0 spiro atoms. The number of amides is 1. The first kappa shape index (κ1) is 23.5. The van der Waals surface area contributed by atoms with E-state index in [0.717, 1.165) is 33.4 Å². The normalized spacial score (nSPS) is 11.2. The van der Waals surface area contributed by atoms with E-state index in [1.165, 1.54) is 0 Å². The SMILES string of the molecule is CCOCc1nc2c(N)nc3ccccc3c2n1Cc1ccc(CNC(=O)OCCNC)cc1. The van der Waals surface area contributed by atoms with Crippen molar-refractivity contribution in [1.82, 2.24) is 25.2 Å². The van der Waals surface area contributed by atoms with Gasteiger partial charge >= 0.3 is 6.09 Å². The lowest BCUT2D eigenvalue weighted by atomic mass is 10.1. The molecule has 0 saturated heterocycles. The highest BCUT2D eigenvalue weighted by Crippen LogP contribution is 2.29. The number of likely N-dealkylation sites (N-methyl/N-ethyl adjacent to an activating group) is 1. The van der Waals surface area contributed by atoms with Crippen molar-refractivity contribution in [3.05, 3.63) is 65.5 Å². The number of carbonyl (C=O) groups excluding carboxylic acids is 1. The molecule has 2 aromatic heterocycles. The summed E-state index contributed by atoms with van der Waals surface area (Å²) in [5, 5.41) is 6.69. The molecule has 0 aliphatic rings. The van der Waals surface area contributed by atoms with Crippen molar-refractivity contribution in [3.8, 4) is 0 Å². The summed E-state index contributed by atoms with van der Waals surface area (Å²) in [5.41, 5.74) is 10.8. The smallest absolute Gasteiger partial charge is 0.407 e. The van der Waals surface area contributed by atoms with Crippen LogP contribution < -0.4 is 16.4 Å².